The summed E-state index contributed by atoms with van der Waals surface area (Å²) in [7, 11) is 0. The van der Waals surface area contributed by atoms with Crippen LogP contribution < -0.4 is 0 Å². The predicted octanol–water partition coefficient (Wildman–Crippen LogP) is 4.50. The largest absolute Gasteiger partial charge is 0.384 e. The number of benzene rings is 1. The Kier molecular flexibility index (Phi) is 6.46. The maximum Gasteiger partial charge on any atom is 0.104 e. The molecule has 1 aliphatic heterocycles. The average Bonchev–Trinajstić information content (AvgIpc) is 3.40. The summed E-state index contributed by atoms with van der Waals surface area (Å²) in [6.45, 7) is 5.39. The predicted molar refractivity (Wildman–Crippen MR) is 120 cm³/mol. The maximum atomic E-state index is 9.00. The number of imidazole rings is 1. The molecule has 1 aliphatic rings. The summed E-state index contributed by atoms with van der Waals surface area (Å²) in [6.07, 6.45) is 5.84. The molecule has 4 rings (SSSR count). The highest BCUT2D eigenvalue weighted by molar-refractivity contribution is 7.16. The molecule has 0 radical (unpaired) electrons. The van der Waals surface area contributed by atoms with Crippen LogP contribution in [0.15, 0.2) is 48.8 Å². The van der Waals surface area contributed by atoms with Crippen LogP contribution in [0.5, 0.6) is 0 Å². The Bertz CT molecular complexity index is 996. The monoisotopic (exact) mass is 405 g/mol. The van der Waals surface area contributed by atoms with Crippen LogP contribution in [0.1, 0.15) is 31.1 Å². The van der Waals surface area contributed by atoms with Gasteiger partial charge in [0.25, 0.3) is 0 Å². The first-order chi connectivity index (χ1) is 14.3. The van der Waals surface area contributed by atoms with Gasteiger partial charge in [0.05, 0.1) is 27.5 Å². The van der Waals surface area contributed by atoms with Gasteiger partial charge in [-0.05, 0) is 38.1 Å². The number of rotatable bonds is 5. The summed E-state index contributed by atoms with van der Waals surface area (Å²) in [6, 6.07) is 15.1. The Morgan fingerprint density at radius 1 is 1.17 bits per heavy atom. The zero-order valence-electron chi connectivity index (χ0n) is 16.8. The third-order valence-electron chi connectivity index (χ3n) is 5.58. The molecule has 3 aromatic rings. The minimum absolute atomic E-state index is 0.116. The van der Waals surface area contributed by atoms with E-state index in [2.05, 4.69) is 58.6 Å². The van der Waals surface area contributed by atoms with Crippen LogP contribution in [0.3, 0.4) is 0 Å². The van der Waals surface area contributed by atoms with E-state index in [4.69, 9.17) is 10.1 Å². The second kappa shape index (κ2) is 9.41. The van der Waals surface area contributed by atoms with Crippen molar-refractivity contribution < 1.29 is 5.11 Å². The Morgan fingerprint density at radius 2 is 2.03 bits per heavy atom. The number of aromatic nitrogens is 2. The molecule has 0 spiro atoms. The summed E-state index contributed by atoms with van der Waals surface area (Å²) in [4.78, 5) is 9.56. The number of hydrogen-bond donors (Lipinski definition) is 1. The fourth-order valence-corrected chi connectivity index (χ4v) is 5.10. The summed E-state index contributed by atoms with van der Waals surface area (Å²) >= 11 is 1.66. The Balaban J connectivity index is 1.73. The van der Waals surface area contributed by atoms with Crippen molar-refractivity contribution in [3.8, 4) is 33.7 Å². The molecule has 0 unspecified atom stereocenters. The van der Waals surface area contributed by atoms with Gasteiger partial charge in [0, 0.05) is 18.2 Å². The second-order valence-electron chi connectivity index (χ2n) is 7.36. The van der Waals surface area contributed by atoms with Crippen molar-refractivity contribution in [2.45, 2.75) is 38.8 Å². The molecular formula is C24H27N3OS. The molecule has 5 heteroatoms. The third kappa shape index (κ3) is 4.45. The van der Waals surface area contributed by atoms with E-state index in [0.29, 0.717) is 6.04 Å². The number of likely N-dealkylation sites (N-methyl/N-ethyl adjacent to an activating group) is 1. The van der Waals surface area contributed by atoms with E-state index in [1.807, 2.05) is 18.5 Å². The Labute approximate surface area is 176 Å². The lowest BCUT2D eigenvalue weighted by Gasteiger charge is -2.35. The molecule has 1 aromatic carbocycles. The van der Waals surface area contributed by atoms with Crippen molar-refractivity contribution in [2.75, 3.05) is 19.7 Å². The minimum Gasteiger partial charge on any atom is -0.384 e. The third-order valence-corrected chi connectivity index (χ3v) is 6.59. The molecule has 150 valence electrons. The number of likely N-dealkylation sites (tertiary alicyclic amines) is 1. The van der Waals surface area contributed by atoms with E-state index in [0.717, 1.165) is 29.2 Å². The molecule has 0 saturated carbocycles. The summed E-state index contributed by atoms with van der Waals surface area (Å²) in [5, 5.41) is 9.00. The highest BCUT2D eigenvalue weighted by Crippen LogP contribution is 2.36. The van der Waals surface area contributed by atoms with Crippen LogP contribution >= 0.6 is 11.3 Å². The minimum atomic E-state index is -0.116. The molecule has 0 amide bonds. The van der Waals surface area contributed by atoms with Gasteiger partial charge in [-0.25, -0.2) is 4.98 Å². The molecule has 1 N–H and O–H groups in total. The lowest BCUT2D eigenvalue weighted by molar-refractivity contribution is 0.141. The molecule has 4 nitrogen and oxygen atoms in total. The van der Waals surface area contributed by atoms with Crippen molar-refractivity contribution >= 4 is 11.3 Å². The van der Waals surface area contributed by atoms with Crippen molar-refractivity contribution in [1.29, 1.82) is 0 Å². The van der Waals surface area contributed by atoms with Crippen LogP contribution in [-0.2, 0) is 6.54 Å². The van der Waals surface area contributed by atoms with E-state index < -0.39 is 0 Å². The lowest BCUT2D eigenvalue weighted by Crippen LogP contribution is -2.41. The van der Waals surface area contributed by atoms with Gasteiger partial charge in [-0.2, -0.15) is 0 Å². The van der Waals surface area contributed by atoms with Gasteiger partial charge < -0.3 is 9.67 Å². The van der Waals surface area contributed by atoms with Crippen LogP contribution in [-0.4, -0.2) is 45.3 Å². The molecule has 0 aliphatic carbocycles. The first-order valence-corrected chi connectivity index (χ1v) is 11.2. The van der Waals surface area contributed by atoms with Gasteiger partial charge in [-0.3, -0.25) is 4.90 Å². The van der Waals surface area contributed by atoms with Crippen LogP contribution in [0, 0.1) is 11.8 Å². The van der Waals surface area contributed by atoms with Crippen LogP contribution in [0.2, 0.25) is 0 Å². The van der Waals surface area contributed by atoms with E-state index in [-0.39, 0.29) is 6.61 Å². The van der Waals surface area contributed by atoms with Crippen molar-refractivity contribution in [2.24, 2.45) is 0 Å². The fraction of sp³-hybridized carbons (Fsp3) is 0.375. The van der Waals surface area contributed by atoms with Gasteiger partial charge in [0.15, 0.2) is 0 Å². The van der Waals surface area contributed by atoms with E-state index >= 15 is 0 Å². The molecule has 1 saturated heterocycles. The smallest absolute Gasteiger partial charge is 0.104 e. The van der Waals surface area contributed by atoms with Gasteiger partial charge >= 0.3 is 0 Å². The van der Waals surface area contributed by atoms with Crippen molar-refractivity contribution in [3.63, 3.8) is 0 Å². The first-order valence-electron chi connectivity index (χ1n) is 10.3. The van der Waals surface area contributed by atoms with E-state index in [1.165, 1.54) is 36.4 Å². The number of nitrogens with zero attached hydrogens (tertiary/aromatic N) is 3. The Hall–Kier alpha value is -2.39. The SMILES string of the molecule is CCN1CCCC[C@@H]1Cn1cnc(-c2ccccc2)c1-c1ccc(C#CCO)s1. The first kappa shape index (κ1) is 19.9. The number of aliphatic hydroxyl groups is 1. The molecule has 2 aromatic heterocycles. The maximum absolute atomic E-state index is 9.00. The number of aliphatic hydroxyl groups excluding tert-OH is 1. The summed E-state index contributed by atoms with van der Waals surface area (Å²) < 4.78 is 2.33. The van der Waals surface area contributed by atoms with Gasteiger partial charge in [-0.15, -0.1) is 11.3 Å². The fourth-order valence-electron chi connectivity index (χ4n) is 4.16. The van der Waals surface area contributed by atoms with Gasteiger partial charge in [0.2, 0.25) is 0 Å². The molecule has 1 fully saturated rings. The molecule has 3 heterocycles. The molecule has 1 atom stereocenters. The standard InChI is InChI=1S/C24H27N3OS/c1-2-26-15-7-6-11-20(26)17-27-18-25-23(19-9-4-3-5-10-19)24(27)22-14-13-21(29-22)12-8-16-28/h3-5,9-10,13-14,18,20,28H,2,6-7,11,15-17H2,1H3/t20-/m1/s1. The highest BCUT2D eigenvalue weighted by atomic mass is 32.1. The molecular weight excluding hydrogens is 378 g/mol. The molecule has 29 heavy (non-hydrogen) atoms. The number of hydrogen-bond acceptors (Lipinski definition) is 4. The van der Waals surface area contributed by atoms with Gasteiger partial charge in [0.1, 0.15) is 6.61 Å². The number of thiophene rings is 1. The van der Waals surface area contributed by atoms with E-state index in [1.54, 1.807) is 11.3 Å². The van der Waals surface area contributed by atoms with Crippen LogP contribution in [0.4, 0.5) is 0 Å². The normalized spacial score (nSPS) is 17.1. The highest BCUT2D eigenvalue weighted by Gasteiger charge is 2.24. The van der Waals surface area contributed by atoms with Crippen LogP contribution in [0.25, 0.3) is 21.8 Å². The summed E-state index contributed by atoms with van der Waals surface area (Å²) in [5.41, 5.74) is 3.32. The van der Waals surface area contributed by atoms with Crippen molar-refractivity contribution in [3.05, 3.63) is 53.7 Å². The second-order valence-corrected chi connectivity index (χ2v) is 8.45. The van der Waals surface area contributed by atoms with E-state index in [9.17, 15) is 0 Å². The zero-order valence-corrected chi connectivity index (χ0v) is 17.7. The topological polar surface area (TPSA) is 41.3 Å². The quantitative estimate of drug-likeness (QED) is 0.636. The van der Waals surface area contributed by atoms with Gasteiger partial charge in [-0.1, -0.05) is 55.5 Å². The zero-order chi connectivity index (χ0) is 20.1. The number of piperidine rings is 1. The Morgan fingerprint density at radius 3 is 2.83 bits per heavy atom. The molecule has 0 bridgehead atoms. The lowest BCUT2D eigenvalue weighted by atomic mass is 10.0. The van der Waals surface area contributed by atoms with Crippen molar-refractivity contribution in [1.82, 2.24) is 14.5 Å². The average molecular weight is 406 g/mol. The summed E-state index contributed by atoms with van der Waals surface area (Å²) in [5.74, 6) is 5.78.